The zero-order valence-electron chi connectivity index (χ0n) is 20.0. The number of nitrogens with zero attached hydrogens (tertiary/aromatic N) is 2. The number of benzene rings is 2. The summed E-state index contributed by atoms with van der Waals surface area (Å²) in [6.07, 6.45) is 1.87. The lowest BCUT2D eigenvalue weighted by atomic mass is 9.95. The maximum Gasteiger partial charge on any atom is 0.338 e. The van der Waals surface area contributed by atoms with Crippen LogP contribution in [0.15, 0.2) is 63.5 Å². The molecular formula is C27H26N2O5S. The molecule has 3 heterocycles. The number of hydrogen-bond acceptors (Lipinski definition) is 7. The number of thiazole rings is 1. The average Bonchev–Trinajstić information content (AvgIpc) is 3.42. The summed E-state index contributed by atoms with van der Waals surface area (Å²) >= 11 is 1.31. The molecule has 7 nitrogen and oxygen atoms in total. The van der Waals surface area contributed by atoms with Crippen LogP contribution >= 0.6 is 11.3 Å². The minimum Gasteiger partial charge on any atom is -0.463 e. The molecule has 1 unspecified atom stereocenters. The van der Waals surface area contributed by atoms with E-state index in [1.807, 2.05) is 30.3 Å². The molecule has 8 heteroatoms. The molecular weight excluding hydrogens is 464 g/mol. The number of carbonyl (C=O) groups excluding carboxylic acids is 1. The van der Waals surface area contributed by atoms with Crippen LogP contribution in [0.4, 0.5) is 0 Å². The molecule has 5 rings (SSSR count). The summed E-state index contributed by atoms with van der Waals surface area (Å²) < 4.78 is 18.5. The first kappa shape index (κ1) is 23.1. The molecule has 0 fully saturated rings. The fourth-order valence-corrected chi connectivity index (χ4v) is 5.37. The van der Waals surface area contributed by atoms with Crippen molar-refractivity contribution in [2.24, 2.45) is 4.99 Å². The van der Waals surface area contributed by atoms with Crippen molar-refractivity contribution in [3.05, 3.63) is 90.1 Å². The number of aromatic nitrogens is 1. The largest absolute Gasteiger partial charge is 0.463 e. The quantitative estimate of drug-likeness (QED) is 0.510. The predicted octanol–water partition coefficient (Wildman–Crippen LogP) is 3.65. The Morgan fingerprint density at radius 2 is 1.94 bits per heavy atom. The lowest BCUT2D eigenvalue weighted by Gasteiger charge is -2.24. The third-order valence-electron chi connectivity index (χ3n) is 6.13. The Labute approximate surface area is 206 Å². The Morgan fingerprint density at radius 1 is 1.20 bits per heavy atom. The number of hydrogen-bond donors (Lipinski definition) is 0. The molecule has 1 atom stereocenters. The van der Waals surface area contributed by atoms with E-state index in [0.29, 0.717) is 38.0 Å². The molecule has 35 heavy (non-hydrogen) atoms. The summed E-state index contributed by atoms with van der Waals surface area (Å²) in [6.45, 7) is 8.17. The van der Waals surface area contributed by atoms with Gasteiger partial charge < -0.3 is 14.2 Å². The monoisotopic (exact) mass is 490 g/mol. The number of allylic oxidation sites excluding steroid dienone is 1. The smallest absolute Gasteiger partial charge is 0.338 e. The molecule has 2 aliphatic heterocycles. The minimum atomic E-state index is -0.690. The average molecular weight is 491 g/mol. The number of carbonyl (C=O) groups is 1. The lowest BCUT2D eigenvalue weighted by Crippen LogP contribution is -2.39. The van der Waals surface area contributed by atoms with Gasteiger partial charge in [-0.3, -0.25) is 9.36 Å². The molecule has 0 saturated carbocycles. The summed E-state index contributed by atoms with van der Waals surface area (Å²) in [6, 6.07) is 12.9. The van der Waals surface area contributed by atoms with Crippen molar-refractivity contribution in [2.75, 3.05) is 13.4 Å². The van der Waals surface area contributed by atoms with Gasteiger partial charge >= 0.3 is 5.97 Å². The molecule has 0 amide bonds. The van der Waals surface area contributed by atoms with Crippen LogP contribution in [0.25, 0.3) is 6.08 Å². The molecule has 0 radical (unpaired) electrons. The van der Waals surface area contributed by atoms with Gasteiger partial charge in [-0.05, 0) is 54.7 Å². The van der Waals surface area contributed by atoms with Crippen LogP contribution in [-0.4, -0.2) is 23.9 Å². The topological polar surface area (TPSA) is 79.1 Å². The number of ether oxygens (including phenoxy) is 3. The standard InChI is InChI=1S/C27H26N2O5S/c1-5-32-26(31)23-16(4)28-27-29(24(23)19-10-11-20-21(13-19)34-14-33-20)25(30)22(35-27)12-17-6-8-18(9-7-17)15(2)3/h6-13,15,24H,5,14H2,1-4H3. The van der Waals surface area contributed by atoms with E-state index in [1.165, 1.54) is 16.9 Å². The Kier molecular flexibility index (Phi) is 6.06. The molecule has 2 aromatic carbocycles. The van der Waals surface area contributed by atoms with E-state index in [4.69, 9.17) is 14.2 Å². The second-order valence-electron chi connectivity index (χ2n) is 8.74. The van der Waals surface area contributed by atoms with Gasteiger partial charge in [0.1, 0.15) is 0 Å². The molecule has 1 aromatic heterocycles. The fraction of sp³-hybridized carbons (Fsp3) is 0.296. The van der Waals surface area contributed by atoms with Crippen LogP contribution in [0.2, 0.25) is 0 Å². The minimum absolute atomic E-state index is 0.136. The Bertz CT molecular complexity index is 1510. The lowest BCUT2D eigenvalue weighted by molar-refractivity contribution is -0.139. The van der Waals surface area contributed by atoms with Gasteiger partial charge in [0.15, 0.2) is 16.3 Å². The van der Waals surface area contributed by atoms with Crippen molar-refractivity contribution in [1.29, 1.82) is 0 Å². The third-order valence-corrected chi connectivity index (χ3v) is 7.11. The Balaban J connectivity index is 1.68. The van der Waals surface area contributed by atoms with Crippen molar-refractivity contribution in [3.63, 3.8) is 0 Å². The highest BCUT2D eigenvalue weighted by molar-refractivity contribution is 7.07. The first-order valence-electron chi connectivity index (χ1n) is 11.6. The van der Waals surface area contributed by atoms with E-state index < -0.39 is 12.0 Å². The van der Waals surface area contributed by atoms with Crippen LogP contribution in [0, 0.1) is 0 Å². The number of fused-ring (bicyclic) bond motifs is 2. The predicted molar refractivity (Wildman–Crippen MR) is 133 cm³/mol. The van der Waals surface area contributed by atoms with Gasteiger partial charge in [0.05, 0.1) is 28.5 Å². The van der Waals surface area contributed by atoms with E-state index in [1.54, 1.807) is 24.5 Å². The molecule has 0 aliphatic carbocycles. The van der Waals surface area contributed by atoms with Crippen molar-refractivity contribution in [1.82, 2.24) is 4.57 Å². The van der Waals surface area contributed by atoms with E-state index >= 15 is 0 Å². The maximum atomic E-state index is 13.7. The van der Waals surface area contributed by atoms with Crippen molar-refractivity contribution >= 4 is 23.4 Å². The van der Waals surface area contributed by atoms with Crippen LogP contribution in [0.3, 0.4) is 0 Å². The van der Waals surface area contributed by atoms with Gasteiger partial charge in [-0.25, -0.2) is 9.79 Å². The molecule has 0 bridgehead atoms. The van der Waals surface area contributed by atoms with E-state index in [0.717, 1.165) is 11.1 Å². The second kappa shape index (κ2) is 9.19. The highest BCUT2D eigenvalue weighted by Gasteiger charge is 2.34. The fourth-order valence-electron chi connectivity index (χ4n) is 4.32. The molecule has 0 saturated heterocycles. The van der Waals surface area contributed by atoms with Crippen molar-refractivity contribution < 1.29 is 19.0 Å². The van der Waals surface area contributed by atoms with Crippen molar-refractivity contribution in [2.45, 2.75) is 39.7 Å². The zero-order valence-corrected chi connectivity index (χ0v) is 20.8. The third kappa shape index (κ3) is 4.18. The van der Waals surface area contributed by atoms with Gasteiger partial charge in [0.25, 0.3) is 5.56 Å². The summed E-state index contributed by atoms with van der Waals surface area (Å²) in [4.78, 5) is 31.9. The summed E-state index contributed by atoms with van der Waals surface area (Å²) in [7, 11) is 0. The highest BCUT2D eigenvalue weighted by Crippen LogP contribution is 2.38. The highest BCUT2D eigenvalue weighted by atomic mass is 32.1. The van der Waals surface area contributed by atoms with E-state index in [-0.39, 0.29) is 19.0 Å². The summed E-state index contributed by atoms with van der Waals surface area (Å²) in [5.74, 6) is 1.15. The maximum absolute atomic E-state index is 13.7. The summed E-state index contributed by atoms with van der Waals surface area (Å²) in [5.41, 5.74) is 3.55. The van der Waals surface area contributed by atoms with Gasteiger partial charge in [0.2, 0.25) is 6.79 Å². The van der Waals surface area contributed by atoms with Gasteiger partial charge in [-0.15, -0.1) is 0 Å². The van der Waals surface area contributed by atoms with Crippen LogP contribution in [0.1, 0.15) is 56.3 Å². The summed E-state index contributed by atoms with van der Waals surface area (Å²) in [5, 5.41) is 0. The molecule has 3 aromatic rings. The Hall–Kier alpha value is -3.65. The first-order valence-corrected chi connectivity index (χ1v) is 12.4. The van der Waals surface area contributed by atoms with Gasteiger partial charge in [-0.2, -0.15) is 0 Å². The molecule has 180 valence electrons. The normalized spacial score (nSPS) is 16.9. The molecule has 2 aliphatic rings. The number of rotatable bonds is 5. The van der Waals surface area contributed by atoms with E-state index in [2.05, 4.69) is 31.0 Å². The van der Waals surface area contributed by atoms with E-state index in [9.17, 15) is 9.59 Å². The van der Waals surface area contributed by atoms with Crippen molar-refractivity contribution in [3.8, 4) is 11.5 Å². The zero-order chi connectivity index (χ0) is 24.7. The van der Waals surface area contributed by atoms with Gasteiger partial charge in [0, 0.05) is 0 Å². The van der Waals surface area contributed by atoms with Crippen LogP contribution in [-0.2, 0) is 9.53 Å². The van der Waals surface area contributed by atoms with Crippen LogP contribution in [0.5, 0.6) is 11.5 Å². The SMILES string of the molecule is CCOC(=O)C1=C(C)N=c2sc(=Cc3ccc(C(C)C)cc3)c(=O)n2C1c1ccc2c(c1)OCO2. The van der Waals surface area contributed by atoms with Gasteiger partial charge in [-0.1, -0.05) is 55.5 Å². The first-order chi connectivity index (χ1) is 16.9. The van der Waals surface area contributed by atoms with Crippen LogP contribution < -0.4 is 24.4 Å². The molecule has 0 N–H and O–H groups in total. The Morgan fingerprint density at radius 3 is 2.66 bits per heavy atom. The number of esters is 1. The second-order valence-corrected chi connectivity index (χ2v) is 9.75. The molecule has 0 spiro atoms.